The van der Waals surface area contributed by atoms with Crippen LogP contribution < -0.4 is 14.9 Å². The summed E-state index contributed by atoms with van der Waals surface area (Å²) in [4.78, 5) is 11.6. The van der Waals surface area contributed by atoms with Crippen LogP contribution >= 0.6 is 11.6 Å². The lowest BCUT2D eigenvalue weighted by Crippen LogP contribution is -2.46. The molecule has 0 spiro atoms. The Balaban J connectivity index is 2.83. The van der Waals surface area contributed by atoms with E-state index in [0.717, 1.165) is 0 Å². The molecule has 9 heteroatoms. The van der Waals surface area contributed by atoms with Crippen LogP contribution in [0.25, 0.3) is 0 Å². The zero-order valence-electron chi connectivity index (χ0n) is 13.7. The zero-order chi connectivity index (χ0) is 18.2. The van der Waals surface area contributed by atoms with E-state index in [2.05, 4.69) is 4.72 Å². The van der Waals surface area contributed by atoms with Crippen molar-refractivity contribution in [3.05, 3.63) is 24.3 Å². The molecular formula is C15H23ClN2O5S. The third kappa shape index (κ3) is 6.64. The van der Waals surface area contributed by atoms with Crippen molar-refractivity contribution in [3.8, 4) is 5.75 Å². The first-order valence-corrected chi connectivity index (χ1v) is 9.57. The van der Waals surface area contributed by atoms with Gasteiger partial charge >= 0.3 is 0 Å². The topological polar surface area (TPSA) is 105 Å². The first-order valence-electron chi connectivity index (χ1n) is 7.55. The van der Waals surface area contributed by atoms with Crippen molar-refractivity contribution < 1.29 is 23.2 Å². The van der Waals surface area contributed by atoms with E-state index in [-0.39, 0.29) is 17.2 Å². The van der Waals surface area contributed by atoms with Gasteiger partial charge in [-0.1, -0.05) is 13.8 Å². The van der Waals surface area contributed by atoms with E-state index in [1.165, 1.54) is 29.7 Å². The highest BCUT2D eigenvalue weighted by atomic mass is 35.5. The number of ether oxygens (including phenoxy) is 1. The standard InChI is InChI=1S/C15H23ClN2O5S/c1-11(2)10-14(15(19)17-20)18-24(21,22)13-6-4-12(5-7-13)23-9-3-8-16/h4-7,11,14,18,20H,3,8-10H2,1-2H3,(H,17,19). The van der Waals surface area contributed by atoms with Gasteiger partial charge in [0.05, 0.1) is 11.5 Å². The molecule has 0 aliphatic rings. The van der Waals surface area contributed by atoms with Crippen LogP contribution in [0.4, 0.5) is 0 Å². The number of sulfonamides is 1. The second kappa shape index (κ2) is 9.83. The lowest BCUT2D eigenvalue weighted by molar-refractivity contribution is -0.131. The van der Waals surface area contributed by atoms with Crippen LogP contribution in [0.2, 0.25) is 0 Å². The number of hydrogen-bond acceptors (Lipinski definition) is 5. The van der Waals surface area contributed by atoms with Gasteiger partial charge in [0.1, 0.15) is 11.8 Å². The van der Waals surface area contributed by atoms with E-state index >= 15 is 0 Å². The Hall–Kier alpha value is -1.35. The molecule has 136 valence electrons. The Morgan fingerprint density at radius 2 is 1.92 bits per heavy atom. The van der Waals surface area contributed by atoms with Crippen molar-refractivity contribution >= 4 is 27.5 Å². The Morgan fingerprint density at radius 1 is 1.29 bits per heavy atom. The summed E-state index contributed by atoms with van der Waals surface area (Å²) >= 11 is 5.56. The maximum Gasteiger partial charge on any atom is 0.261 e. The number of nitrogens with one attached hydrogen (secondary N) is 2. The molecule has 1 amide bonds. The third-order valence-corrected chi connectivity index (χ3v) is 4.87. The third-order valence-electron chi connectivity index (χ3n) is 3.11. The highest BCUT2D eigenvalue weighted by molar-refractivity contribution is 7.89. The van der Waals surface area contributed by atoms with Gasteiger partial charge in [0.15, 0.2) is 0 Å². The van der Waals surface area contributed by atoms with Gasteiger partial charge in [-0.15, -0.1) is 11.6 Å². The molecule has 24 heavy (non-hydrogen) atoms. The maximum absolute atomic E-state index is 12.4. The summed E-state index contributed by atoms with van der Waals surface area (Å²) in [5.41, 5.74) is 1.49. The highest BCUT2D eigenvalue weighted by Gasteiger charge is 2.26. The van der Waals surface area contributed by atoms with E-state index < -0.39 is 22.0 Å². The minimum Gasteiger partial charge on any atom is -0.494 e. The first-order chi connectivity index (χ1) is 11.3. The zero-order valence-corrected chi connectivity index (χ0v) is 15.2. The number of rotatable bonds is 10. The maximum atomic E-state index is 12.4. The molecule has 1 unspecified atom stereocenters. The van der Waals surface area contributed by atoms with Crippen molar-refractivity contribution in [2.75, 3.05) is 12.5 Å². The van der Waals surface area contributed by atoms with Crippen LogP contribution in [0.15, 0.2) is 29.2 Å². The summed E-state index contributed by atoms with van der Waals surface area (Å²) < 4.78 is 32.5. The van der Waals surface area contributed by atoms with Crippen molar-refractivity contribution in [2.24, 2.45) is 5.92 Å². The first kappa shape index (κ1) is 20.7. The molecule has 0 fully saturated rings. The van der Waals surface area contributed by atoms with Crippen LogP contribution in [0.1, 0.15) is 26.7 Å². The molecule has 7 nitrogen and oxygen atoms in total. The molecular weight excluding hydrogens is 356 g/mol. The summed E-state index contributed by atoms with van der Waals surface area (Å²) in [6.45, 7) is 4.14. The largest absolute Gasteiger partial charge is 0.494 e. The second-order valence-electron chi connectivity index (χ2n) is 5.64. The van der Waals surface area contributed by atoms with Crippen LogP contribution in [-0.4, -0.2) is 38.1 Å². The molecule has 1 atom stereocenters. The smallest absolute Gasteiger partial charge is 0.261 e. The Morgan fingerprint density at radius 3 is 2.42 bits per heavy atom. The number of hydroxylamine groups is 1. The monoisotopic (exact) mass is 378 g/mol. The molecule has 1 rings (SSSR count). The summed E-state index contributed by atoms with van der Waals surface area (Å²) in [6.07, 6.45) is 0.946. The van der Waals surface area contributed by atoms with Crippen molar-refractivity contribution in [1.29, 1.82) is 0 Å². The van der Waals surface area contributed by atoms with E-state index in [9.17, 15) is 13.2 Å². The van der Waals surface area contributed by atoms with Gasteiger partial charge in [0.25, 0.3) is 5.91 Å². The predicted molar refractivity (Wildman–Crippen MR) is 90.8 cm³/mol. The minimum atomic E-state index is -3.90. The Bertz CT molecular complexity index is 619. The predicted octanol–water partition coefficient (Wildman–Crippen LogP) is 1.89. The average Bonchev–Trinajstić information content (AvgIpc) is 2.53. The summed E-state index contributed by atoms with van der Waals surface area (Å²) in [5, 5.41) is 8.76. The van der Waals surface area contributed by atoms with Crippen LogP contribution in [0, 0.1) is 5.92 Å². The van der Waals surface area contributed by atoms with Gasteiger partial charge in [0, 0.05) is 5.88 Å². The SMILES string of the molecule is CC(C)CC(NS(=O)(=O)c1ccc(OCCCCl)cc1)C(=O)NO. The molecule has 0 aliphatic heterocycles. The molecule has 0 saturated heterocycles. The second-order valence-corrected chi connectivity index (χ2v) is 7.73. The Kier molecular flexibility index (Phi) is 8.47. The number of amides is 1. The quantitative estimate of drug-likeness (QED) is 0.249. The lowest BCUT2D eigenvalue weighted by Gasteiger charge is -2.18. The van der Waals surface area contributed by atoms with Gasteiger partial charge < -0.3 is 4.74 Å². The van der Waals surface area contributed by atoms with Gasteiger partial charge in [-0.25, -0.2) is 13.9 Å². The van der Waals surface area contributed by atoms with Gasteiger partial charge in [0.2, 0.25) is 10.0 Å². The molecule has 0 bridgehead atoms. The molecule has 3 N–H and O–H groups in total. The van der Waals surface area contributed by atoms with Crippen molar-refractivity contribution in [3.63, 3.8) is 0 Å². The van der Waals surface area contributed by atoms with E-state index in [0.29, 0.717) is 24.7 Å². The number of hydrogen-bond donors (Lipinski definition) is 3. The highest BCUT2D eigenvalue weighted by Crippen LogP contribution is 2.17. The summed E-state index contributed by atoms with van der Waals surface area (Å²) in [7, 11) is -3.90. The average molecular weight is 379 g/mol. The van der Waals surface area contributed by atoms with Gasteiger partial charge in [-0.2, -0.15) is 4.72 Å². The fourth-order valence-electron chi connectivity index (χ4n) is 1.97. The summed E-state index contributed by atoms with van der Waals surface area (Å²) in [5.74, 6) is 0.285. The van der Waals surface area contributed by atoms with E-state index in [1.54, 1.807) is 0 Å². The molecule has 0 saturated carbocycles. The van der Waals surface area contributed by atoms with Crippen LogP contribution in [0.5, 0.6) is 5.75 Å². The number of carbonyl (C=O) groups is 1. The molecule has 1 aromatic carbocycles. The van der Waals surface area contributed by atoms with Gasteiger partial charge in [-0.05, 0) is 43.0 Å². The van der Waals surface area contributed by atoms with Crippen molar-refractivity contribution in [1.82, 2.24) is 10.2 Å². The van der Waals surface area contributed by atoms with E-state index in [1.807, 2.05) is 13.8 Å². The van der Waals surface area contributed by atoms with Crippen LogP contribution in [-0.2, 0) is 14.8 Å². The van der Waals surface area contributed by atoms with Crippen molar-refractivity contribution in [2.45, 2.75) is 37.6 Å². The molecule has 1 aromatic rings. The molecule has 0 radical (unpaired) electrons. The fraction of sp³-hybridized carbons (Fsp3) is 0.533. The fourth-order valence-corrected chi connectivity index (χ4v) is 3.29. The molecule has 0 aliphatic carbocycles. The number of alkyl halides is 1. The molecule has 0 heterocycles. The Labute approximate surface area is 147 Å². The minimum absolute atomic E-state index is 0.00619. The molecule has 0 aromatic heterocycles. The normalized spacial score (nSPS) is 12.9. The number of carbonyl (C=O) groups excluding carboxylic acids is 1. The summed E-state index contributed by atoms with van der Waals surface area (Å²) in [6, 6.07) is 4.79. The lowest BCUT2D eigenvalue weighted by atomic mass is 10.0. The number of halogens is 1. The van der Waals surface area contributed by atoms with E-state index in [4.69, 9.17) is 21.5 Å². The van der Waals surface area contributed by atoms with Gasteiger partial charge in [-0.3, -0.25) is 10.0 Å². The van der Waals surface area contributed by atoms with Crippen LogP contribution in [0.3, 0.4) is 0 Å². The number of benzene rings is 1.